The van der Waals surface area contributed by atoms with Gasteiger partial charge < -0.3 is 52.8 Å². The fourth-order valence-corrected chi connectivity index (χ4v) is 8.26. The van der Waals surface area contributed by atoms with Crippen molar-refractivity contribution in [3.63, 3.8) is 0 Å². The summed E-state index contributed by atoms with van der Waals surface area (Å²) in [5, 5.41) is 34.9. The maximum atomic E-state index is 14.4. The number of benzene rings is 4. The van der Waals surface area contributed by atoms with Gasteiger partial charge >= 0.3 is 12.1 Å². The van der Waals surface area contributed by atoms with Crippen LogP contribution in [-0.2, 0) is 58.1 Å². The molecule has 7 amide bonds. The van der Waals surface area contributed by atoms with Crippen LogP contribution in [0.4, 0.5) is 10.5 Å². The third-order valence-corrected chi connectivity index (χ3v) is 12.5. The highest BCUT2D eigenvalue weighted by molar-refractivity contribution is 7.98. The van der Waals surface area contributed by atoms with Crippen LogP contribution in [0.3, 0.4) is 0 Å². The summed E-state index contributed by atoms with van der Waals surface area (Å²) in [6, 6.07) is 17.7. The van der Waals surface area contributed by atoms with Crippen molar-refractivity contribution in [2.75, 3.05) is 17.3 Å². The van der Waals surface area contributed by atoms with Crippen LogP contribution in [-0.4, -0.2) is 118 Å². The number of nitrogens with one attached hydrogen (secondary N) is 7. The molecule has 70 heavy (non-hydrogen) atoms. The first-order valence-electron chi connectivity index (χ1n) is 21.5. The summed E-state index contributed by atoms with van der Waals surface area (Å²) >= 11 is 1.34. The summed E-state index contributed by atoms with van der Waals surface area (Å²) in [5.74, 6) is -6.43. The van der Waals surface area contributed by atoms with Gasteiger partial charge in [-0.2, -0.15) is 20.2 Å². The van der Waals surface area contributed by atoms with Crippen molar-refractivity contribution in [1.29, 1.82) is 0 Å². The third kappa shape index (κ3) is 15.4. The number of hydrogen-bond donors (Lipinski definition) is 11. The van der Waals surface area contributed by atoms with Crippen molar-refractivity contribution in [2.24, 2.45) is 5.73 Å². The first-order chi connectivity index (χ1) is 33.2. The van der Waals surface area contributed by atoms with E-state index in [0.29, 0.717) is 28.0 Å². The number of carbonyl (C=O) groups excluding carboxylic acids is 6. The van der Waals surface area contributed by atoms with E-state index in [1.54, 1.807) is 67.9 Å². The molecular formula is C47H52N8O13S2. The van der Waals surface area contributed by atoms with Crippen LogP contribution < -0.4 is 37.6 Å². The number of carboxylic acids is 1. The van der Waals surface area contributed by atoms with E-state index in [1.165, 1.54) is 42.1 Å². The van der Waals surface area contributed by atoms with Gasteiger partial charge in [-0.3, -0.25) is 38.1 Å². The molecule has 5 rings (SSSR count). The van der Waals surface area contributed by atoms with Gasteiger partial charge in [0, 0.05) is 47.6 Å². The number of aromatic amines is 1. The summed E-state index contributed by atoms with van der Waals surface area (Å²) in [6.07, 6.45) is 0.626. The SMILES string of the molecule is CSCC[C@H](NC(=O)[C@H](Cc1c[nH]c2ccccc12)NC(=O)c1cc(NC(=O)[C@H](Cc2ccc(S(=O)(=O)O)cc2)NC(=O)O)ccc1C)C(=O)N[C@@H](CC(=O)O)C(=O)N[C@@H](Cc1ccccc1)C(N)=O. The number of primary amides is 1. The number of carboxylic acid groups (broad SMARTS) is 2. The summed E-state index contributed by atoms with van der Waals surface area (Å²) in [7, 11) is -4.51. The lowest BCUT2D eigenvalue weighted by Gasteiger charge is -2.26. The standard InChI is InChI=1S/C47H52N8O13S2/c1-26-12-15-30(50-44(61)37(55-47(64)65)21-28-13-16-31(17-14-28)70(66,67)68)23-33(26)42(59)53-38(22-29-25-49-34-11-7-6-10-32(29)34)45(62)51-35(18-19-69-2)43(60)54-39(24-40(56)57)46(63)52-36(41(48)58)20-27-8-4-3-5-9-27/h3-17,23,25,35-39,49,55H,18-22,24H2,1-2H3,(H2,48,58)(H,50,61)(H,51,62)(H,52,63)(H,53,59)(H,54,60)(H,56,57)(H,64,65)(H,66,67,68)/t35-,36-,37-,38-,39-/m0/s1. The number of H-pyrrole nitrogens is 1. The van der Waals surface area contributed by atoms with Crippen LogP contribution >= 0.6 is 11.8 Å². The van der Waals surface area contributed by atoms with Gasteiger partial charge in [0.25, 0.3) is 16.0 Å². The smallest absolute Gasteiger partial charge is 0.405 e. The normalized spacial score (nSPS) is 13.4. The molecule has 0 saturated heterocycles. The molecular weight excluding hydrogens is 949 g/mol. The molecule has 0 aliphatic heterocycles. The zero-order valence-corrected chi connectivity index (χ0v) is 39.4. The number of aliphatic carboxylic acids is 1. The van der Waals surface area contributed by atoms with E-state index in [9.17, 15) is 61.5 Å². The molecule has 1 aromatic heterocycles. The molecule has 0 radical (unpaired) electrons. The Balaban J connectivity index is 1.38. The number of amides is 7. The number of hydrogen-bond acceptors (Lipinski definition) is 11. The molecule has 5 atom stereocenters. The molecule has 12 N–H and O–H groups in total. The zero-order valence-electron chi connectivity index (χ0n) is 37.8. The fraction of sp³-hybridized carbons (Fsp3) is 0.277. The van der Waals surface area contributed by atoms with Crippen molar-refractivity contribution < 1.29 is 61.5 Å². The highest BCUT2D eigenvalue weighted by atomic mass is 32.2. The molecule has 0 aliphatic carbocycles. The van der Waals surface area contributed by atoms with Gasteiger partial charge in [0.1, 0.15) is 30.2 Å². The maximum absolute atomic E-state index is 14.4. The van der Waals surface area contributed by atoms with Crippen LogP contribution in [0.15, 0.2) is 108 Å². The number of aryl methyl sites for hydroxylation is 1. The van der Waals surface area contributed by atoms with E-state index < -0.39 is 99.1 Å². The second-order valence-electron chi connectivity index (χ2n) is 16.1. The van der Waals surface area contributed by atoms with Gasteiger partial charge in [-0.1, -0.05) is 66.7 Å². The van der Waals surface area contributed by atoms with Gasteiger partial charge in [0.05, 0.1) is 11.3 Å². The molecule has 370 valence electrons. The lowest BCUT2D eigenvalue weighted by molar-refractivity contribution is -0.141. The van der Waals surface area contributed by atoms with E-state index in [1.807, 2.05) is 6.07 Å². The van der Waals surface area contributed by atoms with Gasteiger partial charge in [0.15, 0.2) is 0 Å². The predicted octanol–water partition coefficient (Wildman–Crippen LogP) is 2.29. The Hall–Kier alpha value is -7.76. The minimum Gasteiger partial charge on any atom is -0.481 e. The molecule has 23 heteroatoms. The topological polar surface area (TPSA) is 345 Å². The van der Waals surface area contributed by atoms with Crippen molar-refractivity contribution in [3.8, 4) is 0 Å². The Morgan fingerprint density at radius 2 is 1.26 bits per heavy atom. The lowest BCUT2D eigenvalue weighted by Crippen LogP contribution is -2.59. The Labute approximate surface area is 405 Å². The van der Waals surface area contributed by atoms with Crippen molar-refractivity contribution in [2.45, 2.75) is 74.1 Å². The zero-order chi connectivity index (χ0) is 51.1. The molecule has 0 unspecified atom stereocenters. The van der Waals surface area contributed by atoms with E-state index in [2.05, 4.69) is 36.9 Å². The molecule has 1 heterocycles. The molecule has 21 nitrogen and oxygen atoms in total. The summed E-state index contributed by atoms with van der Waals surface area (Å²) in [4.78, 5) is 108. The van der Waals surface area contributed by atoms with E-state index in [4.69, 9.17) is 5.73 Å². The number of thioether (sulfide) groups is 1. The molecule has 0 bridgehead atoms. The quantitative estimate of drug-likeness (QED) is 0.0396. The van der Waals surface area contributed by atoms with Crippen LogP contribution in [0.2, 0.25) is 0 Å². The van der Waals surface area contributed by atoms with Gasteiger partial charge in [-0.25, -0.2) is 4.79 Å². The predicted molar refractivity (Wildman–Crippen MR) is 258 cm³/mol. The molecule has 0 saturated carbocycles. The summed E-state index contributed by atoms with van der Waals surface area (Å²) in [5.41, 5.74) is 8.38. The van der Waals surface area contributed by atoms with E-state index >= 15 is 0 Å². The Morgan fingerprint density at radius 3 is 1.90 bits per heavy atom. The van der Waals surface area contributed by atoms with Crippen LogP contribution in [0, 0.1) is 6.92 Å². The van der Waals surface area contributed by atoms with E-state index in [-0.39, 0.29) is 36.9 Å². The van der Waals surface area contributed by atoms with Crippen molar-refractivity contribution >= 4 is 86.0 Å². The minimum atomic E-state index is -4.51. The van der Waals surface area contributed by atoms with Gasteiger partial charge in [-0.05, 0) is 77.9 Å². The molecule has 4 aromatic carbocycles. The maximum Gasteiger partial charge on any atom is 0.405 e. The first-order valence-corrected chi connectivity index (χ1v) is 24.3. The number of fused-ring (bicyclic) bond motifs is 1. The second kappa shape index (κ2) is 24.5. The van der Waals surface area contributed by atoms with E-state index in [0.717, 1.165) is 23.0 Å². The van der Waals surface area contributed by atoms with Crippen molar-refractivity contribution in [1.82, 2.24) is 31.6 Å². The average molecular weight is 1000 g/mol. The number of anilines is 1. The molecule has 5 aromatic rings. The highest BCUT2D eigenvalue weighted by Crippen LogP contribution is 2.22. The number of nitrogens with two attached hydrogens (primary N) is 1. The number of para-hydroxylation sites is 1. The highest BCUT2D eigenvalue weighted by Gasteiger charge is 2.33. The van der Waals surface area contributed by atoms with Crippen LogP contribution in [0.1, 0.15) is 45.5 Å². The largest absolute Gasteiger partial charge is 0.481 e. The second-order valence-corrected chi connectivity index (χ2v) is 18.5. The number of aromatic nitrogens is 1. The monoisotopic (exact) mass is 1000 g/mol. The summed E-state index contributed by atoms with van der Waals surface area (Å²) < 4.78 is 32.3. The Morgan fingerprint density at radius 1 is 0.671 bits per heavy atom. The average Bonchev–Trinajstić information content (AvgIpc) is 3.72. The van der Waals surface area contributed by atoms with Gasteiger partial charge in [0.2, 0.25) is 29.5 Å². The Bertz CT molecular complexity index is 2840. The first kappa shape index (κ1) is 53.2. The minimum absolute atomic E-state index is 0.000277. The van der Waals surface area contributed by atoms with Gasteiger partial charge in [-0.15, -0.1) is 0 Å². The number of carbonyl (C=O) groups is 8. The fourth-order valence-electron chi connectivity index (χ4n) is 7.31. The van der Waals surface area contributed by atoms with Crippen LogP contribution in [0.5, 0.6) is 0 Å². The van der Waals surface area contributed by atoms with Crippen molar-refractivity contribution in [3.05, 3.63) is 131 Å². The molecule has 0 spiro atoms. The Kier molecular flexibility index (Phi) is 18.6. The number of rotatable bonds is 24. The summed E-state index contributed by atoms with van der Waals surface area (Å²) in [6.45, 7) is 1.60. The third-order valence-electron chi connectivity index (χ3n) is 10.9. The molecule has 0 fully saturated rings. The van der Waals surface area contributed by atoms with Crippen LogP contribution in [0.25, 0.3) is 10.9 Å². The molecule has 0 aliphatic rings. The lowest BCUT2D eigenvalue weighted by atomic mass is 10.0.